The summed E-state index contributed by atoms with van der Waals surface area (Å²) in [6.07, 6.45) is 0. The molecule has 0 unspecified atom stereocenters. The van der Waals surface area contributed by atoms with Gasteiger partial charge in [0.15, 0.2) is 0 Å². The van der Waals surface area contributed by atoms with Crippen LogP contribution < -0.4 is 68.9 Å². The molecule has 0 spiro atoms. The van der Waals surface area contributed by atoms with E-state index in [2.05, 4.69) is 0 Å². The second-order valence-electron chi connectivity index (χ2n) is 0.316. The molecular formula is C2H9CsO3. The van der Waals surface area contributed by atoms with Gasteiger partial charge in [-0.15, -0.1) is 0 Å². The molecule has 0 rings (SSSR count). The van der Waals surface area contributed by atoms with Crippen LogP contribution >= 0.6 is 0 Å². The Kier molecular flexibility index (Phi) is 117. The summed E-state index contributed by atoms with van der Waals surface area (Å²) in [5, 5.41) is 7.57. The van der Waals surface area contributed by atoms with E-state index in [0.29, 0.717) is 0 Å². The van der Waals surface area contributed by atoms with Crippen LogP contribution in [0.1, 0.15) is 6.92 Å². The first-order chi connectivity index (χ1) is 1.41. The third-order valence-corrected chi connectivity index (χ3v) is 0. The van der Waals surface area contributed by atoms with Crippen LogP contribution in [0, 0.1) is 0 Å². The largest absolute Gasteiger partial charge is 1.00 e. The summed E-state index contributed by atoms with van der Waals surface area (Å²) in [7, 11) is 0. The normalized spacial score (nSPS) is 3.00. The van der Waals surface area contributed by atoms with Crippen molar-refractivity contribution in [2.24, 2.45) is 0 Å². The van der Waals surface area contributed by atoms with Crippen LogP contribution in [0.15, 0.2) is 0 Å². The summed E-state index contributed by atoms with van der Waals surface area (Å²) in [6, 6.07) is 0. The van der Waals surface area contributed by atoms with Gasteiger partial charge in [-0.3, -0.25) is 0 Å². The minimum absolute atomic E-state index is 0. The molecule has 0 saturated heterocycles. The van der Waals surface area contributed by atoms with E-state index in [1.54, 1.807) is 6.92 Å². The maximum absolute atomic E-state index is 7.57. The average molecular weight is 214 g/mol. The van der Waals surface area contributed by atoms with Crippen molar-refractivity contribution in [2.75, 3.05) is 6.61 Å². The van der Waals surface area contributed by atoms with Gasteiger partial charge in [0.05, 0.1) is 0 Å². The molecule has 0 aliphatic heterocycles. The van der Waals surface area contributed by atoms with E-state index in [1.807, 2.05) is 0 Å². The summed E-state index contributed by atoms with van der Waals surface area (Å²) in [5.74, 6) is 0. The number of rotatable bonds is 0. The number of aliphatic hydroxyl groups excluding tert-OH is 1. The van der Waals surface area contributed by atoms with Crippen LogP contribution in [0.2, 0.25) is 0 Å². The second kappa shape index (κ2) is 28.4. The molecular weight excluding hydrogens is 205 g/mol. The van der Waals surface area contributed by atoms with E-state index in [-0.39, 0.29) is 86.5 Å². The Labute approximate surface area is 96.2 Å². The van der Waals surface area contributed by atoms with Crippen molar-refractivity contribution in [3.05, 3.63) is 0 Å². The number of hydrogen-bond acceptors (Lipinski definition) is 2. The van der Waals surface area contributed by atoms with Crippen molar-refractivity contribution in [1.29, 1.82) is 0 Å². The second-order valence-corrected chi connectivity index (χ2v) is 0.316. The smallest absolute Gasteiger partial charge is 0.870 e. The molecule has 0 aromatic carbocycles. The standard InChI is InChI=1S/C2H6O.Cs.2H2O/c1-2-3;;;/h3H,2H2,1H3;;2*1H2/q;+1;;/p-1. The molecule has 4 N–H and O–H groups in total. The SMILES string of the molecule is CCO.O.[Cs+].[OH-]. The molecule has 6 heavy (non-hydrogen) atoms. The van der Waals surface area contributed by atoms with Gasteiger partial charge in [-0.05, 0) is 6.92 Å². The van der Waals surface area contributed by atoms with E-state index in [9.17, 15) is 0 Å². The van der Waals surface area contributed by atoms with Crippen molar-refractivity contribution in [3.8, 4) is 0 Å². The van der Waals surface area contributed by atoms with Crippen LogP contribution in [0.4, 0.5) is 0 Å². The van der Waals surface area contributed by atoms with E-state index in [4.69, 9.17) is 5.11 Å². The van der Waals surface area contributed by atoms with Gasteiger partial charge in [0.2, 0.25) is 0 Å². The average Bonchev–Trinajstić information content (AvgIpc) is 0.918. The Morgan fingerprint density at radius 2 is 1.50 bits per heavy atom. The molecule has 0 fully saturated rings. The molecule has 0 amide bonds. The van der Waals surface area contributed by atoms with Crippen LogP contribution in [0.5, 0.6) is 0 Å². The quantitative estimate of drug-likeness (QED) is 0.445. The van der Waals surface area contributed by atoms with E-state index in [0.717, 1.165) is 0 Å². The Morgan fingerprint density at radius 1 is 1.50 bits per heavy atom. The van der Waals surface area contributed by atoms with E-state index in [1.165, 1.54) is 0 Å². The molecule has 0 radical (unpaired) electrons. The maximum Gasteiger partial charge on any atom is 1.00 e. The first kappa shape index (κ1) is 24.7. The molecule has 0 bridgehead atoms. The van der Waals surface area contributed by atoms with E-state index < -0.39 is 0 Å². The fourth-order valence-electron chi connectivity index (χ4n) is 0. The van der Waals surface area contributed by atoms with Crippen molar-refractivity contribution >= 4 is 0 Å². The van der Waals surface area contributed by atoms with Gasteiger partial charge in [-0.25, -0.2) is 0 Å². The van der Waals surface area contributed by atoms with Gasteiger partial charge < -0.3 is 16.1 Å². The Morgan fingerprint density at radius 3 is 1.50 bits per heavy atom. The zero-order valence-electron chi connectivity index (χ0n) is 4.10. The van der Waals surface area contributed by atoms with Gasteiger partial charge in [0, 0.05) is 6.61 Å². The van der Waals surface area contributed by atoms with Gasteiger partial charge in [0.1, 0.15) is 0 Å². The fourth-order valence-corrected chi connectivity index (χ4v) is 0. The van der Waals surface area contributed by atoms with Gasteiger partial charge >= 0.3 is 68.9 Å². The zero-order chi connectivity index (χ0) is 2.71. The summed E-state index contributed by atoms with van der Waals surface area (Å²) >= 11 is 0. The van der Waals surface area contributed by atoms with Gasteiger partial charge in [0.25, 0.3) is 0 Å². The fraction of sp³-hybridized carbons (Fsp3) is 1.00. The Hall–Kier alpha value is 1.93. The van der Waals surface area contributed by atoms with Crippen molar-refractivity contribution in [3.63, 3.8) is 0 Å². The minimum Gasteiger partial charge on any atom is -0.870 e. The van der Waals surface area contributed by atoms with Crippen LogP contribution in [-0.2, 0) is 0 Å². The Balaban J connectivity index is -0.00000000667. The molecule has 3 nitrogen and oxygen atoms in total. The zero-order valence-corrected chi connectivity index (χ0v) is 10.4. The third kappa shape index (κ3) is 38.7. The van der Waals surface area contributed by atoms with Gasteiger partial charge in [-0.2, -0.15) is 0 Å². The summed E-state index contributed by atoms with van der Waals surface area (Å²) in [5.41, 5.74) is 0. The third-order valence-electron chi connectivity index (χ3n) is 0. The molecule has 4 heteroatoms. The Bertz CT molecular complexity index is 8.75. The number of hydrogen-bond donors (Lipinski definition) is 1. The van der Waals surface area contributed by atoms with Crippen LogP contribution in [0.25, 0.3) is 0 Å². The van der Waals surface area contributed by atoms with E-state index >= 15 is 0 Å². The first-order valence-electron chi connectivity index (χ1n) is 1.02. The summed E-state index contributed by atoms with van der Waals surface area (Å²) in [6.45, 7) is 1.93. The predicted octanol–water partition coefficient (Wildman–Crippen LogP) is -4.00. The molecule has 0 atom stereocenters. The topological polar surface area (TPSA) is 81.7 Å². The van der Waals surface area contributed by atoms with Crippen molar-refractivity contribution in [1.82, 2.24) is 0 Å². The van der Waals surface area contributed by atoms with Crippen molar-refractivity contribution < 1.29 is 85.0 Å². The van der Waals surface area contributed by atoms with Gasteiger partial charge in [-0.1, -0.05) is 0 Å². The summed E-state index contributed by atoms with van der Waals surface area (Å²) in [4.78, 5) is 0. The minimum atomic E-state index is 0. The molecule has 0 aromatic heterocycles. The number of aliphatic hydroxyl groups is 1. The molecule has 0 heterocycles. The predicted molar refractivity (Wildman–Crippen MR) is 18.3 cm³/mol. The molecule has 0 aliphatic rings. The molecule has 0 aliphatic carbocycles. The van der Waals surface area contributed by atoms with Crippen LogP contribution in [-0.4, -0.2) is 22.7 Å². The maximum atomic E-state index is 7.57. The van der Waals surface area contributed by atoms with Crippen LogP contribution in [0.3, 0.4) is 0 Å². The molecule has 36 valence electrons. The monoisotopic (exact) mass is 214 g/mol. The molecule has 0 saturated carbocycles. The molecule has 0 aromatic rings. The van der Waals surface area contributed by atoms with Crippen molar-refractivity contribution in [2.45, 2.75) is 6.92 Å². The first-order valence-corrected chi connectivity index (χ1v) is 1.02. The summed E-state index contributed by atoms with van der Waals surface area (Å²) < 4.78 is 0.